The largest absolute Gasteiger partial charge is 0.381 e. The molecular weight excluding hydrogens is 450 g/mol. The van der Waals surface area contributed by atoms with Crippen LogP contribution in [0.15, 0.2) is 42.5 Å². The maximum absolute atomic E-state index is 14.5. The summed E-state index contributed by atoms with van der Waals surface area (Å²) in [7, 11) is 0. The van der Waals surface area contributed by atoms with Crippen molar-refractivity contribution in [3.8, 4) is 11.3 Å². The van der Waals surface area contributed by atoms with E-state index in [4.69, 9.17) is 4.74 Å². The Morgan fingerprint density at radius 3 is 2.43 bits per heavy atom. The van der Waals surface area contributed by atoms with Crippen LogP contribution >= 0.6 is 0 Å². The Hall–Kier alpha value is -3.13. The Labute approximate surface area is 202 Å². The molecule has 2 saturated heterocycles. The second-order valence-electron chi connectivity index (χ2n) is 10.0. The van der Waals surface area contributed by atoms with Crippen molar-refractivity contribution in [2.24, 2.45) is 17.8 Å². The predicted molar refractivity (Wildman–Crippen MR) is 129 cm³/mol. The highest BCUT2D eigenvalue weighted by molar-refractivity contribution is 6.00. The topological polar surface area (TPSA) is 67.3 Å². The van der Waals surface area contributed by atoms with Gasteiger partial charge in [0.05, 0.1) is 0 Å². The van der Waals surface area contributed by atoms with Crippen LogP contribution in [-0.2, 0) is 9.53 Å². The number of halogens is 2. The second kappa shape index (κ2) is 9.15. The summed E-state index contributed by atoms with van der Waals surface area (Å²) in [5.41, 5.74) is 0.429. The van der Waals surface area contributed by atoms with E-state index >= 15 is 0 Å². The highest BCUT2D eigenvalue weighted by Crippen LogP contribution is 2.41. The smallest absolute Gasteiger partial charge is 0.225 e. The zero-order valence-corrected chi connectivity index (χ0v) is 19.4. The van der Waals surface area contributed by atoms with E-state index in [9.17, 15) is 13.6 Å². The van der Waals surface area contributed by atoms with Gasteiger partial charge < -0.3 is 15.0 Å². The van der Waals surface area contributed by atoms with E-state index < -0.39 is 11.6 Å². The average Bonchev–Trinajstić information content (AvgIpc) is 3.45. The Morgan fingerprint density at radius 2 is 1.69 bits per heavy atom. The first-order chi connectivity index (χ1) is 17.1. The molecule has 2 aromatic carbocycles. The molecule has 1 aromatic heterocycles. The van der Waals surface area contributed by atoms with Gasteiger partial charge in [-0.2, -0.15) is 0 Å². The molecule has 0 bridgehead atoms. The first-order valence-corrected chi connectivity index (χ1v) is 12.4. The summed E-state index contributed by atoms with van der Waals surface area (Å²) in [5.74, 6) is 0.976. The van der Waals surface area contributed by atoms with E-state index in [-0.39, 0.29) is 17.5 Å². The van der Waals surface area contributed by atoms with Gasteiger partial charge in [-0.3, -0.25) is 4.79 Å². The first-order valence-electron chi connectivity index (χ1n) is 12.4. The van der Waals surface area contributed by atoms with E-state index in [0.717, 1.165) is 67.7 Å². The number of anilines is 1. The number of hydrogen-bond donors (Lipinski definition) is 1. The van der Waals surface area contributed by atoms with Crippen molar-refractivity contribution in [3.63, 3.8) is 0 Å². The third-order valence-electron chi connectivity index (χ3n) is 7.84. The molecule has 1 N–H and O–H groups in total. The molecule has 0 unspecified atom stereocenters. The molecule has 1 amide bonds. The molecule has 35 heavy (non-hydrogen) atoms. The molecule has 182 valence electrons. The number of carbonyl (C=O) groups is 1. The number of aromatic nitrogens is 2. The number of likely N-dealkylation sites (tertiary alicyclic amines) is 1. The van der Waals surface area contributed by atoms with Crippen molar-refractivity contribution < 1.29 is 18.3 Å². The summed E-state index contributed by atoms with van der Waals surface area (Å²) in [6, 6.07) is 11.2. The fourth-order valence-corrected chi connectivity index (χ4v) is 6.08. The lowest BCUT2D eigenvalue weighted by molar-refractivity contribution is -0.137. The molecule has 3 fully saturated rings. The summed E-state index contributed by atoms with van der Waals surface area (Å²) < 4.78 is 33.7. The number of benzene rings is 2. The van der Waals surface area contributed by atoms with Crippen molar-refractivity contribution in [3.05, 3.63) is 54.1 Å². The number of amides is 1. The van der Waals surface area contributed by atoms with Crippen LogP contribution in [0, 0.1) is 29.4 Å². The quantitative estimate of drug-likeness (QED) is 0.591. The van der Waals surface area contributed by atoms with Crippen LogP contribution < -0.4 is 5.32 Å². The maximum atomic E-state index is 14.5. The minimum absolute atomic E-state index is 0.102. The van der Waals surface area contributed by atoms with E-state index in [0.29, 0.717) is 42.5 Å². The molecule has 1 aliphatic carbocycles. The molecule has 2 aliphatic heterocycles. The summed E-state index contributed by atoms with van der Waals surface area (Å²) in [4.78, 5) is 15.0. The van der Waals surface area contributed by atoms with Crippen LogP contribution in [0.1, 0.15) is 25.7 Å². The Morgan fingerprint density at radius 1 is 0.971 bits per heavy atom. The molecule has 6 rings (SSSR count). The molecule has 3 aliphatic rings. The van der Waals surface area contributed by atoms with Crippen molar-refractivity contribution in [1.82, 2.24) is 15.1 Å². The van der Waals surface area contributed by atoms with E-state index in [2.05, 4.69) is 20.4 Å². The standard InChI is InChI=1S/C27H28F2N4O2/c28-19-5-6-24(29)23(13-19)25-21-3-1-2-4-22(21)26(32-31-25)30-20-11-17-14-33(15-18(17)12-20)27(34)16-7-9-35-10-8-16/h1-6,13,16-18,20H,7-12,14-15H2,(H,30,32)/t17-,18+,20+. The summed E-state index contributed by atoms with van der Waals surface area (Å²) >= 11 is 0. The molecule has 3 atom stereocenters. The van der Waals surface area contributed by atoms with Gasteiger partial charge in [0.25, 0.3) is 0 Å². The van der Waals surface area contributed by atoms with Crippen molar-refractivity contribution in [2.45, 2.75) is 31.7 Å². The summed E-state index contributed by atoms with van der Waals surface area (Å²) in [6.45, 7) is 3.01. The minimum Gasteiger partial charge on any atom is -0.381 e. The molecule has 6 nitrogen and oxygen atoms in total. The van der Waals surface area contributed by atoms with Gasteiger partial charge in [0.1, 0.15) is 17.3 Å². The SMILES string of the molecule is O=C(C1CCOCC1)N1C[C@H]2C[C@H](Nc3nnc(-c4cc(F)ccc4F)c4ccccc34)C[C@H]2C1. The van der Waals surface area contributed by atoms with Gasteiger partial charge in [0.15, 0.2) is 5.82 Å². The number of rotatable bonds is 4. The van der Waals surface area contributed by atoms with Crippen LogP contribution in [0.3, 0.4) is 0 Å². The lowest BCUT2D eigenvalue weighted by Gasteiger charge is -2.27. The van der Waals surface area contributed by atoms with Crippen molar-refractivity contribution in [2.75, 3.05) is 31.6 Å². The van der Waals surface area contributed by atoms with Crippen LogP contribution in [0.2, 0.25) is 0 Å². The fraction of sp³-hybridized carbons (Fsp3) is 0.444. The van der Waals surface area contributed by atoms with Gasteiger partial charge in [-0.25, -0.2) is 8.78 Å². The third-order valence-corrected chi connectivity index (χ3v) is 7.84. The minimum atomic E-state index is -0.532. The van der Waals surface area contributed by atoms with Crippen LogP contribution in [0.4, 0.5) is 14.6 Å². The van der Waals surface area contributed by atoms with Crippen LogP contribution in [0.25, 0.3) is 22.0 Å². The second-order valence-corrected chi connectivity index (χ2v) is 10.0. The number of ether oxygens (including phenoxy) is 1. The molecular formula is C27H28F2N4O2. The van der Waals surface area contributed by atoms with Gasteiger partial charge >= 0.3 is 0 Å². The molecule has 0 radical (unpaired) electrons. The predicted octanol–water partition coefficient (Wildman–Crippen LogP) is 4.65. The van der Waals surface area contributed by atoms with E-state index in [1.807, 2.05) is 24.3 Å². The lowest BCUT2D eigenvalue weighted by atomic mass is 9.98. The zero-order chi connectivity index (χ0) is 23.9. The maximum Gasteiger partial charge on any atom is 0.225 e. The monoisotopic (exact) mass is 478 g/mol. The summed E-state index contributed by atoms with van der Waals surface area (Å²) in [6.07, 6.45) is 3.60. The zero-order valence-electron chi connectivity index (χ0n) is 19.4. The van der Waals surface area contributed by atoms with Crippen molar-refractivity contribution in [1.29, 1.82) is 0 Å². The van der Waals surface area contributed by atoms with E-state index in [1.165, 1.54) is 0 Å². The molecule has 3 aromatic rings. The fourth-order valence-electron chi connectivity index (χ4n) is 6.08. The molecule has 0 spiro atoms. The van der Waals surface area contributed by atoms with Gasteiger partial charge in [-0.1, -0.05) is 24.3 Å². The van der Waals surface area contributed by atoms with Crippen molar-refractivity contribution >= 4 is 22.5 Å². The average molecular weight is 479 g/mol. The Bertz CT molecular complexity index is 1250. The number of carbonyl (C=O) groups excluding carboxylic acids is 1. The normalized spacial score (nSPS) is 24.6. The van der Waals surface area contributed by atoms with E-state index in [1.54, 1.807) is 0 Å². The highest BCUT2D eigenvalue weighted by atomic mass is 19.1. The van der Waals surface area contributed by atoms with Gasteiger partial charge in [0, 0.05) is 54.6 Å². The Kier molecular flexibility index (Phi) is 5.84. The number of nitrogens with one attached hydrogen (secondary N) is 1. The number of hydrogen-bond acceptors (Lipinski definition) is 5. The number of nitrogens with zero attached hydrogens (tertiary/aromatic N) is 3. The molecule has 3 heterocycles. The van der Waals surface area contributed by atoms with Gasteiger partial charge in [-0.05, 0) is 55.7 Å². The lowest BCUT2D eigenvalue weighted by Crippen LogP contribution is -2.38. The molecule has 8 heteroatoms. The van der Waals surface area contributed by atoms with Crippen LogP contribution in [0.5, 0.6) is 0 Å². The Balaban J connectivity index is 1.18. The highest BCUT2D eigenvalue weighted by Gasteiger charge is 2.43. The first kappa shape index (κ1) is 22.3. The molecule has 1 saturated carbocycles. The van der Waals surface area contributed by atoms with Gasteiger partial charge in [-0.15, -0.1) is 10.2 Å². The number of fused-ring (bicyclic) bond motifs is 2. The third kappa shape index (κ3) is 4.24. The van der Waals surface area contributed by atoms with Crippen LogP contribution in [-0.4, -0.2) is 53.3 Å². The summed E-state index contributed by atoms with van der Waals surface area (Å²) in [5, 5.41) is 13.8. The van der Waals surface area contributed by atoms with Gasteiger partial charge in [0.2, 0.25) is 5.91 Å².